The van der Waals surface area contributed by atoms with E-state index in [2.05, 4.69) is 0 Å². The first-order valence-electron chi connectivity index (χ1n) is 5.58. The molecule has 1 aromatic heterocycles. The van der Waals surface area contributed by atoms with E-state index in [1.807, 2.05) is 0 Å². The van der Waals surface area contributed by atoms with Gasteiger partial charge >= 0.3 is 6.18 Å². The van der Waals surface area contributed by atoms with Crippen molar-refractivity contribution in [3.05, 3.63) is 50.7 Å². The summed E-state index contributed by atoms with van der Waals surface area (Å²) in [5.74, 6) is -0.265. The van der Waals surface area contributed by atoms with Crippen LogP contribution in [0, 0.1) is 0 Å². The van der Waals surface area contributed by atoms with E-state index in [1.165, 1.54) is 23.5 Å². The van der Waals surface area contributed by atoms with Gasteiger partial charge in [0.05, 0.1) is 16.5 Å². The number of hydrogen-bond donors (Lipinski definition) is 1. The van der Waals surface area contributed by atoms with Gasteiger partial charge in [0.25, 0.3) is 0 Å². The lowest BCUT2D eigenvalue weighted by molar-refractivity contribution is -0.139. The van der Waals surface area contributed by atoms with Gasteiger partial charge in [0.2, 0.25) is 0 Å². The lowest BCUT2D eigenvalue weighted by atomic mass is 10.1. The number of halogens is 4. The Morgan fingerprint density at radius 2 is 1.95 bits per heavy atom. The van der Waals surface area contributed by atoms with E-state index in [-0.39, 0.29) is 17.9 Å². The van der Waals surface area contributed by atoms with Crippen LogP contribution in [0.3, 0.4) is 0 Å². The van der Waals surface area contributed by atoms with Gasteiger partial charge in [0, 0.05) is 4.88 Å². The Kier molecular flexibility index (Phi) is 4.57. The monoisotopic (exact) mass is 322 g/mol. The average molecular weight is 323 g/mol. The molecule has 0 aliphatic carbocycles. The van der Waals surface area contributed by atoms with Crippen LogP contribution >= 0.6 is 22.9 Å². The van der Waals surface area contributed by atoms with E-state index in [4.69, 9.17) is 21.4 Å². The van der Waals surface area contributed by atoms with Crippen LogP contribution in [-0.2, 0) is 19.4 Å². The normalized spacial score (nSPS) is 11.7. The van der Waals surface area contributed by atoms with Crippen molar-refractivity contribution in [1.29, 1.82) is 0 Å². The number of rotatable bonds is 4. The number of benzene rings is 1. The highest BCUT2D eigenvalue weighted by atomic mass is 35.5. The summed E-state index contributed by atoms with van der Waals surface area (Å²) in [4.78, 5) is 0.731. The summed E-state index contributed by atoms with van der Waals surface area (Å²) < 4.78 is 44.5. The summed E-state index contributed by atoms with van der Waals surface area (Å²) >= 11 is 6.99. The topological polar surface area (TPSA) is 29.5 Å². The van der Waals surface area contributed by atoms with Crippen LogP contribution in [0.5, 0.6) is 5.75 Å². The van der Waals surface area contributed by atoms with E-state index in [9.17, 15) is 13.2 Å². The Bertz CT molecular complexity index is 596. The second-order valence-corrected chi connectivity index (χ2v) is 5.78. The fraction of sp³-hybridized carbons (Fsp3) is 0.231. The van der Waals surface area contributed by atoms with E-state index < -0.39 is 18.3 Å². The zero-order valence-corrected chi connectivity index (χ0v) is 11.6. The molecule has 1 heterocycles. The maximum absolute atomic E-state index is 12.9. The third-order valence-electron chi connectivity index (χ3n) is 2.53. The van der Waals surface area contributed by atoms with Gasteiger partial charge in [-0.25, -0.2) is 0 Å². The Morgan fingerprint density at radius 3 is 2.50 bits per heavy atom. The zero-order valence-electron chi connectivity index (χ0n) is 10.1. The number of aliphatic hydroxyl groups excluding tert-OH is 1. The Labute approximate surface area is 122 Å². The molecule has 0 bridgehead atoms. The summed E-state index contributed by atoms with van der Waals surface area (Å²) in [6.45, 7) is -0.442. The molecule has 0 radical (unpaired) electrons. The largest absolute Gasteiger partial charge is 0.487 e. The van der Waals surface area contributed by atoms with Gasteiger partial charge in [-0.15, -0.1) is 11.3 Å². The van der Waals surface area contributed by atoms with Gasteiger partial charge in [-0.3, -0.25) is 0 Å². The van der Waals surface area contributed by atoms with Crippen LogP contribution in [-0.4, -0.2) is 5.11 Å². The summed E-state index contributed by atoms with van der Waals surface area (Å²) in [7, 11) is 0. The fourth-order valence-electron chi connectivity index (χ4n) is 1.60. The van der Waals surface area contributed by atoms with Crippen molar-refractivity contribution >= 4 is 22.9 Å². The highest BCUT2D eigenvalue weighted by Crippen LogP contribution is 2.37. The first-order chi connectivity index (χ1) is 9.40. The molecule has 0 aliphatic rings. The predicted molar refractivity (Wildman–Crippen MR) is 71.0 cm³/mol. The lowest BCUT2D eigenvalue weighted by Crippen LogP contribution is -2.09. The number of hydrogen-bond acceptors (Lipinski definition) is 3. The smallest absolute Gasteiger partial charge is 0.419 e. The second-order valence-electron chi connectivity index (χ2n) is 3.98. The molecule has 1 aromatic carbocycles. The molecule has 0 saturated carbocycles. The van der Waals surface area contributed by atoms with Crippen molar-refractivity contribution in [3.63, 3.8) is 0 Å². The Morgan fingerprint density at radius 1 is 1.20 bits per heavy atom. The fourth-order valence-corrected chi connectivity index (χ4v) is 2.60. The molecule has 0 saturated heterocycles. The molecule has 1 N–H and O–H groups in total. The van der Waals surface area contributed by atoms with Gasteiger partial charge in [-0.1, -0.05) is 17.7 Å². The number of ether oxygens (including phenoxy) is 1. The molecular formula is C13H10ClF3O2S. The minimum absolute atomic E-state index is 0.0128. The molecular weight excluding hydrogens is 313 g/mol. The first-order valence-corrected chi connectivity index (χ1v) is 6.77. The Hall–Kier alpha value is -1.24. The standard InChI is InChI=1S/C13H10ClF3O2S/c14-12-4-2-9(20-12)7-19-11-3-1-8(6-18)5-10(11)13(15,16)17/h1-5,18H,6-7H2. The molecule has 20 heavy (non-hydrogen) atoms. The van der Waals surface area contributed by atoms with Crippen molar-refractivity contribution in [2.45, 2.75) is 19.4 Å². The number of thiophene rings is 1. The minimum Gasteiger partial charge on any atom is -0.487 e. The van der Waals surface area contributed by atoms with E-state index in [1.54, 1.807) is 12.1 Å². The van der Waals surface area contributed by atoms with Crippen LogP contribution in [0.1, 0.15) is 16.0 Å². The molecule has 108 valence electrons. The Balaban J connectivity index is 2.22. The first kappa shape index (κ1) is 15.2. The molecule has 7 heteroatoms. The molecule has 0 fully saturated rings. The third kappa shape index (κ3) is 3.65. The molecule has 0 unspecified atom stereocenters. The van der Waals surface area contributed by atoms with Crippen LogP contribution < -0.4 is 4.74 Å². The molecule has 0 amide bonds. The zero-order chi connectivity index (χ0) is 14.8. The van der Waals surface area contributed by atoms with Gasteiger partial charge in [-0.05, 0) is 29.8 Å². The predicted octanol–water partition coefficient (Wildman–Crippen LogP) is 4.49. The molecule has 0 spiro atoms. The quantitative estimate of drug-likeness (QED) is 0.898. The molecule has 2 nitrogen and oxygen atoms in total. The summed E-state index contributed by atoms with van der Waals surface area (Å²) in [5.41, 5.74) is -0.712. The summed E-state index contributed by atoms with van der Waals surface area (Å²) in [5, 5.41) is 8.91. The van der Waals surface area contributed by atoms with Crippen molar-refractivity contribution in [2.24, 2.45) is 0 Å². The minimum atomic E-state index is -4.53. The van der Waals surface area contributed by atoms with Crippen molar-refractivity contribution in [3.8, 4) is 5.75 Å². The van der Waals surface area contributed by atoms with Gasteiger partial charge < -0.3 is 9.84 Å². The molecule has 2 aromatic rings. The van der Waals surface area contributed by atoms with Crippen LogP contribution in [0.15, 0.2) is 30.3 Å². The lowest BCUT2D eigenvalue weighted by Gasteiger charge is -2.14. The third-order valence-corrected chi connectivity index (χ3v) is 3.74. The second kappa shape index (κ2) is 6.03. The van der Waals surface area contributed by atoms with Crippen molar-refractivity contribution in [2.75, 3.05) is 0 Å². The van der Waals surface area contributed by atoms with Crippen molar-refractivity contribution in [1.82, 2.24) is 0 Å². The molecule has 2 rings (SSSR count). The maximum atomic E-state index is 12.9. The van der Waals surface area contributed by atoms with E-state index in [0.29, 0.717) is 4.34 Å². The van der Waals surface area contributed by atoms with Crippen LogP contribution in [0.4, 0.5) is 13.2 Å². The van der Waals surface area contributed by atoms with Crippen molar-refractivity contribution < 1.29 is 23.0 Å². The molecule has 0 atom stereocenters. The van der Waals surface area contributed by atoms with Crippen LogP contribution in [0.2, 0.25) is 4.34 Å². The van der Waals surface area contributed by atoms with E-state index in [0.717, 1.165) is 10.9 Å². The number of alkyl halides is 3. The van der Waals surface area contributed by atoms with Gasteiger partial charge in [-0.2, -0.15) is 13.2 Å². The van der Waals surface area contributed by atoms with Crippen LogP contribution in [0.25, 0.3) is 0 Å². The highest BCUT2D eigenvalue weighted by molar-refractivity contribution is 7.16. The summed E-state index contributed by atoms with van der Waals surface area (Å²) in [6, 6.07) is 6.85. The van der Waals surface area contributed by atoms with Gasteiger partial charge in [0.1, 0.15) is 12.4 Å². The number of aliphatic hydroxyl groups is 1. The highest BCUT2D eigenvalue weighted by Gasteiger charge is 2.34. The maximum Gasteiger partial charge on any atom is 0.419 e. The average Bonchev–Trinajstić information content (AvgIpc) is 2.81. The summed E-state index contributed by atoms with van der Waals surface area (Å²) in [6.07, 6.45) is -4.53. The van der Waals surface area contributed by atoms with Gasteiger partial charge in [0.15, 0.2) is 0 Å². The molecule has 0 aliphatic heterocycles. The SMILES string of the molecule is OCc1ccc(OCc2ccc(Cl)s2)c(C(F)(F)F)c1. The van der Waals surface area contributed by atoms with E-state index >= 15 is 0 Å².